The molecule has 1 aliphatic heterocycles. The quantitative estimate of drug-likeness (QED) is 0.832. The molecule has 1 atom stereocenters. The summed E-state index contributed by atoms with van der Waals surface area (Å²) in [5, 5.41) is 11.1. The molecule has 0 spiro atoms. The number of carboxylic acids is 1. The van der Waals surface area contributed by atoms with E-state index in [1.54, 1.807) is 18.2 Å². The zero-order valence-corrected chi connectivity index (χ0v) is 10.5. The van der Waals surface area contributed by atoms with Gasteiger partial charge in [-0.05, 0) is 24.6 Å². The van der Waals surface area contributed by atoms with Gasteiger partial charge in [-0.25, -0.2) is 0 Å². The van der Waals surface area contributed by atoms with Crippen LogP contribution in [0.4, 0.5) is 0 Å². The first kappa shape index (κ1) is 13.2. The summed E-state index contributed by atoms with van der Waals surface area (Å²) in [6.07, 6.45) is 0.105. The number of carbonyl (C=O) groups is 2. The van der Waals surface area contributed by atoms with E-state index in [1.807, 2.05) is 0 Å². The summed E-state index contributed by atoms with van der Waals surface area (Å²) >= 11 is 0. The van der Waals surface area contributed by atoms with Crippen molar-refractivity contribution in [2.45, 2.75) is 19.4 Å². The van der Waals surface area contributed by atoms with E-state index < -0.39 is 12.0 Å². The van der Waals surface area contributed by atoms with Crippen LogP contribution in [0.25, 0.3) is 0 Å². The lowest BCUT2D eigenvalue weighted by molar-refractivity contribution is -0.141. The highest BCUT2D eigenvalue weighted by atomic mass is 16.6. The maximum Gasteiger partial charge on any atom is 0.325 e. The predicted molar refractivity (Wildman–Crippen MR) is 66.4 cm³/mol. The minimum atomic E-state index is -1.06. The Morgan fingerprint density at radius 3 is 2.68 bits per heavy atom. The van der Waals surface area contributed by atoms with E-state index in [1.165, 1.54) is 6.92 Å². The highest BCUT2D eigenvalue weighted by molar-refractivity contribution is 5.84. The van der Waals surface area contributed by atoms with Gasteiger partial charge in [-0.15, -0.1) is 0 Å². The smallest absolute Gasteiger partial charge is 0.325 e. The molecule has 0 bridgehead atoms. The fraction of sp³-hybridized carbons (Fsp3) is 0.385. The van der Waals surface area contributed by atoms with Gasteiger partial charge in [0.1, 0.15) is 19.3 Å². The molecule has 2 N–H and O–H groups in total. The molecule has 1 aromatic rings. The Morgan fingerprint density at radius 1 is 1.32 bits per heavy atom. The number of benzene rings is 1. The predicted octanol–water partition coefficient (Wildman–Crippen LogP) is 0.590. The zero-order chi connectivity index (χ0) is 13.8. The van der Waals surface area contributed by atoms with Gasteiger partial charge in [-0.3, -0.25) is 9.59 Å². The van der Waals surface area contributed by atoms with Gasteiger partial charge in [-0.2, -0.15) is 0 Å². The normalized spacial score (nSPS) is 14.6. The van der Waals surface area contributed by atoms with Gasteiger partial charge >= 0.3 is 5.97 Å². The van der Waals surface area contributed by atoms with E-state index in [0.717, 1.165) is 5.56 Å². The van der Waals surface area contributed by atoms with Crippen LogP contribution in [0.2, 0.25) is 0 Å². The maximum atomic E-state index is 11.6. The van der Waals surface area contributed by atoms with Crippen molar-refractivity contribution in [1.29, 1.82) is 0 Å². The van der Waals surface area contributed by atoms with Crippen LogP contribution >= 0.6 is 0 Å². The number of hydrogen-bond donors (Lipinski definition) is 2. The number of carbonyl (C=O) groups excluding carboxylic acids is 1. The SMILES string of the molecule is CC(NC(=O)Cc1ccc2c(c1)OCCO2)C(=O)O. The van der Waals surface area contributed by atoms with Crippen LogP contribution in [-0.4, -0.2) is 36.2 Å². The molecular weight excluding hydrogens is 250 g/mol. The third-order valence-corrected chi connectivity index (χ3v) is 2.72. The molecule has 1 heterocycles. The Labute approximate surface area is 110 Å². The molecule has 1 aromatic carbocycles. The van der Waals surface area contributed by atoms with Gasteiger partial charge in [0.15, 0.2) is 11.5 Å². The molecule has 0 aromatic heterocycles. The van der Waals surface area contributed by atoms with Gasteiger partial charge < -0.3 is 19.9 Å². The third kappa shape index (κ3) is 3.37. The molecule has 1 unspecified atom stereocenters. The Hall–Kier alpha value is -2.24. The van der Waals surface area contributed by atoms with Crippen LogP contribution in [0.1, 0.15) is 12.5 Å². The van der Waals surface area contributed by atoms with Crippen molar-refractivity contribution in [3.63, 3.8) is 0 Å². The van der Waals surface area contributed by atoms with Crippen molar-refractivity contribution >= 4 is 11.9 Å². The summed E-state index contributed by atoms with van der Waals surface area (Å²) in [6, 6.07) is 4.35. The van der Waals surface area contributed by atoms with E-state index >= 15 is 0 Å². The average Bonchev–Trinajstić information content (AvgIpc) is 2.38. The van der Waals surface area contributed by atoms with E-state index in [2.05, 4.69) is 5.32 Å². The van der Waals surface area contributed by atoms with Gasteiger partial charge in [-0.1, -0.05) is 6.07 Å². The Kier molecular flexibility index (Phi) is 3.89. The molecule has 0 saturated heterocycles. The number of carboxylic acid groups (broad SMARTS) is 1. The fourth-order valence-corrected chi connectivity index (χ4v) is 1.74. The second kappa shape index (κ2) is 5.60. The van der Waals surface area contributed by atoms with Gasteiger partial charge in [0.25, 0.3) is 0 Å². The number of hydrogen-bond acceptors (Lipinski definition) is 4. The summed E-state index contributed by atoms with van der Waals surface area (Å²) in [5.41, 5.74) is 0.749. The van der Waals surface area contributed by atoms with Gasteiger partial charge in [0, 0.05) is 0 Å². The Balaban J connectivity index is 1.99. The molecule has 2 rings (SSSR count). The lowest BCUT2D eigenvalue weighted by Gasteiger charge is -2.18. The zero-order valence-electron chi connectivity index (χ0n) is 10.5. The summed E-state index contributed by atoms with van der Waals surface area (Å²) in [4.78, 5) is 22.3. The molecular formula is C13H15NO5. The van der Waals surface area contributed by atoms with Crippen LogP contribution in [-0.2, 0) is 16.0 Å². The first-order valence-corrected chi connectivity index (χ1v) is 5.97. The van der Waals surface area contributed by atoms with E-state index in [-0.39, 0.29) is 12.3 Å². The van der Waals surface area contributed by atoms with Crippen LogP contribution in [0, 0.1) is 0 Å². The number of aliphatic carboxylic acids is 1. The molecule has 1 aliphatic rings. The number of amides is 1. The second-order valence-electron chi connectivity index (χ2n) is 4.28. The van der Waals surface area contributed by atoms with E-state index in [0.29, 0.717) is 24.7 Å². The lowest BCUT2D eigenvalue weighted by atomic mass is 10.1. The molecule has 1 amide bonds. The molecule has 102 valence electrons. The van der Waals surface area contributed by atoms with Crippen molar-refractivity contribution in [1.82, 2.24) is 5.32 Å². The molecule has 6 nitrogen and oxygen atoms in total. The monoisotopic (exact) mass is 265 g/mol. The number of nitrogens with one attached hydrogen (secondary N) is 1. The summed E-state index contributed by atoms with van der Waals surface area (Å²) in [7, 11) is 0. The Bertz CT molecular complexity index is 500. The van der Waals surface area contributed by atoms with Crippen LogP contribution in [0.5, 0.6) is 11.5 Å². The number of fused-ring (bicyclic) bond motifs is 1. The van der Waals surface area contributed by atoms with Gasteiger partial charge in [0.2, 0.25) is 5.91 Å². The molecule has 6 heteroatoms. The molecule has 19 heavy (non-hydrogen) atoms. The second-order valence-corrected chi connectivity index (χ2v) is 4.28. The van der Waals surface area contributed by atoms with Gasteiger partial charge in [0.05, 0.1) is 6.42 Å². The lowest BCUT2D eigenvalue weighted by Crippen LogP contribution is -2.39. The molecule has 0 saturated carbocycles. The van der Waals surface area contributed by atoms with Crippen molar-refractivity contribution in [2.75, 3.05) is 13.2 Å². The molecule has 0 aliphatic carbocycles. The Morgan fingerprint density at radius 2 is 2.00 bits per heavy atom. The minimum absolute atomic E-state index is 0.105. The first-order valence-electron chi connectivity index (χ1n) is 5.97. The number of rotatable bonds is 4. The van der Waals surface area contributed by atoms with Crippen molar-refractivity contribution in [3.8, 4) is 11.5 Å². The van der Waals surface area contributed by atoms with Crippen LogP contribution in [0.3, 0.4) is 0 Å². The number of ether oxygens (including phenoxy) is 2. The topological polar surface area (TPSA) is 84.9 Å². The van der Waals surface area contributed by atoms with Crippen molar-refractivity contribution < 1.29 is 24.2 Å². The first-order chi connectivity index (χ1) is 9.06. The van der Waals surface area contributed by atoms with E-state index in [4.69, 9.17) is 14.6 Å². The van der Waals surface area contributed by atoms with Crippen molar-refractivity contribution in [3.05, 3.63) is 23.8 Å². The summed E-state index contributed by atoms with van der Waals surface area (Å²) in [6.45, 7) is 2.42. The van der Waals surface area contributed by atoms with Crippen LogP contribution < -0.4 is 14.8 Å². The van der Waals surface area contributed by atoms with Crippen LogP contribution in [0.15, 0.2) is 18.2 Å². The minimum Gasteiger partial charge on any atom is -0.486 e. The van der Waals surface area contributed by atoms with Crippen molar-refractivity contribution in [2.24, 2.45) is 0 Å². The standard InChI is InChI=1S/C13H15NO5/c1-8(13(16)17)14-12(15)7-9-2-3-10-11(6-9)19-5-4-18-10/h2-3,6,8H,4-5,7H2,1H3,(H,14,15)(H,16,17). The third-order valence-electron chi connectivity index (χ3n) is 2.72. The van der Waals surface area contributed by atoms with E-state index in [9.17, 15) is 9.59 Å². The fourth-order valence-electron chi connectivity index (χ4n) is 1.74. The average molecular weight is 265 g/mol. The highest BCUT2D eigenvalue weighted by Gasteiger charge is 2.16. The molecule has 0 fully saturated rings. The maximum absolute atomic E-state index is 11.6. The highest BCUT2D eigenvalue weighted by Crippen LogP contribution is 2.30. The largest absolute Gasteiger partial charge is 0.486 e. The summed E-state index contributed by atoms with van der Waals surface area (Å²) < 4.78 is 10.8. The molecule has 0 radical (unpaired) electrons. The summed E-state index contributed by atoms with van der Waals surface area (Å²) in [5.74, 6) is -0.126.